The molecule has 112 valence electrons. The Bertz CT molecular complexity index is 586. The van der Waals surface area contributed by atoms with E-state index in [4.69, 9.17) is 16.3 Å². The molecule has 1 N–H and O–H groups in total. The van der Waals surface area contributed by atoms with Crippen LogP contribution in [0.2, 0.25) is 5.02 Å². The van der Waals surface area contributed by atoms with Gasteiger partial charge in [0.15, 0.2) is 0 Å². The molecular weight excluding hydrogens is 289 g/mol. The summed E-state index contributed by atoms with van der Waals surface area (Å²) in [6.45, 7) is 5.37. The van der Waals surface area contributed by atoms with Gasteiger partial charge < -0.3 is 10.1 Å². The maximum atomic E-state index is 13.3. The van der Waals surface area contributed by atoms with Gasteiger partial charge in [-0.15, -0.1) is 0 Å². The van der Waals surface area contributed by atoms with E-state index < -0.39 is 5.82 Å². The first-order chi connectivity index (χ1) is 10.1. The van der Waals surface area contributed by atoms with Crippen molar-refractivity contribution in [3.8, 4) is 5.75 Å². The van der Waals surface area contributed by atoms with E-state index in [-0.39, 0.29) is 11.6 Å². The molecular formula is C17H19ClFNO. The zero-order valence-corrected chi connectivity index (χ0v) is 13.0. The van der Waals surface area contributed by atoms with Crippen LogP contribution in [0.15, 0.2) is 42.5 Å². The minimum Gasteiger partial charge on any atom is -0.489 e. The van der Waals surface area contributed by atoms with Crippen molar-refractivity contribution in [1.82, 2.24) is 5.32 Å². The molecule has 0 radical (unpaired) electrons. The van der Waals surface area contributed by atoms with Crippen LogP contribution in [0.1, 0.15) is 31.0 Å². The molecule has 0 heterocycles. The number of ether oxygens (including phenoxy) is 1. The Morgan fingerprint density at radius 2 is 1.90 bits per heavy atom. The lowest BCUT2D eigenvalue weighted by molar-refractivity contribution is 0.305. The van der Waals surface area contributed by atoms with Crippen molar-refractivity contribution in [3.05, 3.63) is 64.4 Å². The number of halogens is 2. The molecule has 2 rings (SSSR count). The van der Waals surface area contributed by atoms with Gasteiger partial charge in [0.2, 0.25) is 0 Å². The molecule has 0 spiro atoms. The van der Waals surface area contributed by atoms with Crippen molar-refractivity contribution in [2.24, 2.45) is 0 Å². The molecule has 0 saturated carbocycles. The molecule has 2 nitrogen and oxygen atoms in total. The molecule has 0 aromatic heterocycles. The van der Waals surface area contributed by atoms with E-state index in [1.165, 1.54) is 11.6 Å². The van der Waals surface area contributed by atoms with Crippen molar-refractivity contribution >= 4 is 11.6 Å². The number of benzene rings is 2. The molecule has 2 aromatic carbocycles. The Balaban J connectivity index is 1.99. The summed E-state index contributed by atoms with van der Waals surface area (Å²) in [7, 11) is 0. The second kappa shape index (κ2) is 7.43. The topological polar surface area (TPSA) is 21.3 Å². The summed E-state index contributed by atoms with van der Waals surface area (Å²) in [6, 6.07) is 12.9. The largest absolute Gasteiger partial charge is 0.489 e. The second-order valence-electron chi connectivity index (χ2n) is 4.85. The molecule has 0 saturated heterocycles. The number of nitrogens with one attached hydrogen (secondary N) is 1. The highest BCUT2D eigenvalue weighted by Gasteiger charge is 2.07. The molecule has 0 fully saturated rings. The first kappa shape index (κ1) is 15.8. The smallest absolute Gasteiger partial charge is 0.142 e. The third kappa shape index (κ3) is 4.19. The Hall–Kier alpha value is -1.58. The fourth-order valence-corrected chi connectivity index (χ4v) is 2.28. The van der Waals surface area contributed by atoms with Crippen LogP contribution in [0.5, 0.6) is 5.75 Å². The van der Waals surface area contributed by atoms with Crippen LogP contribution in [0, 0.1) is 5.82 Å². The summed E-state index contributed by atoms with van der Waals surface area (Å²) in [5.41, 5.74) is 1.84. The molecule has 0 bridgehead atoms. The number of hydrogen-bond donors (Lipinski definition) is 1. The quantitative estimate of drug-likeness (QED) is 0.833. The van der Waals surface area contributed by atoms with Gasteiger partial charge in [-0.1, -0.05) is 42.8 Å². The Morgan fingerprint density at radius 1 is 1.19 bits per heavy atom. The summed E-state index contributed by atoms with van der Waals surface area (Å²) in [6.07, 6.45) is 0. The van der Waals surface area contributed by atoms with Crippen molar-refractivity contribution in [2.75, 3.05) is 6.54 Å². The summed E-state index contributed by atoms with van der Waals surface area (Å²) in [5, 5.41) is 3.47. The van der Waals surface area contributed by atoms with Gasteiger partial charge in [0.1, 0.15) is 18.2 Å². The maximum absolute atomic E-state index is 13.3. The van der Waals surface area contributed by atoms with Gasteiger partial charge in [0.25, 0.3) is 0 Å². The fraction of sp³-hybridized carbons (Fsp3) is 0.294. The summed E-state index contributed by atoms with van der Waals surface area (Å²) in [5.74, 6) is 0.315. The zero-order chi connectivity index (χ0) is 15.2. The van der Waals surface area contributed by atoms with Gasteiger partial charge in [0, 0.05) is 11.6 Å². The summed E-state index contributed by atoms with van der Waals surface area (Å²) in [4.78, 5) is 0. The predicted octanol–water partition coefficient (Wildman–Crippen LogP) is 4.73. The second-order valence-corrected chi connectivity index (χ2v) is 5.23. The van der Waals surface area contributed by atoms with Crippen LogP contribution in [0.3, 0.4) is 0 Å². The molecule has 2 aromatic rings. The summed E-state index contributed by atoms with van der Waals surface area (Å²) >= 11 is 5.90. The van der Waals surface area contributed by atoms with E-state index in [0.717, 1.165) is 12.3 Å². The van der Waals surface area contributed by atoms with Crippen LogP contribution in [0.4, 0.5) is 4.39 Å². The zero-order valence-electron chi connectivity index (χ0n) is 12.2. The molecule has 1 unspecified atom stereocenters. The average Bonchev–Trinajstić information content (AvgIpc) is 2.49. The molecule has 0 aliphatic carbocycles. The van der Waals surface area contributed by atoms with Gasteiger partial charge >= 0.3 is 0 Å². The van der Waals surface area contributed by atoms with E-state index in [1.54, 1.807) is 12.1 Å². The predicted molar refractivity (Wildman–Crippen MR) is 84.3 cm³/mol. The van der Waals surface area contributed by atoms with Gasteiger partial charge in [-0.2, -0.15) is 0 Å². The standard InChI is InChI=1S/C17H19ClFNO/c1-3-20-12(2)13-7-9-15(10-8-13)21-11-14-5-4-6-16(19)17(14)18/h4-10,12,20H,3,11H2,1-2H3. The number of rotatable bonds is 6. The lowest BCUT2D eigenvalue weighted by atomic mass is 10.1. The molecule has 0 amide bonds. The third-order valence-electron chi connectivity index (χ3n) is 3.32. The third-order valence-corrected chi connectivity index (χ3v) is 3.74. The van der Waals surface area contributed by atoms with Gasteiger partial charge in [-0.05, 0) is 37.2 Å². The highest BCUT2D eigenvalue weighted by atomic mass is 35.5. The monoisotopic (exact) mass is 307 g/mol. The minimum atomic E-state index is -0.424. The maximum Gasteiger partial charge on any atom is 0.142 e. The first-order valence-electron chi connectivity index (χ1n) is 7.01. The highest BCUT2D eigenvalue weighted by Crippen LogP contribution is 2.22. The lowest BCUT2D eigenvalue weighted by Gasteiger charge is -2.13. The molecule has 0 aliphatic heterocycles. The SMILES string of the molecule is CCNC(C)c1ccc(OCc2cccc(F)c2Cl)cc1. The van der Waals surface area contributed by atoms with Crippen LogP contribution in [-0.2, 0) is 6.61 Å². The van der Waals surface area contributed by atoms with Gasteiger partial charge in [-0.3, -0.25) is 0 Å². The van der Waals surface area contributed by atoms with Crippen molar-refractivity contribution < 1.29 is 9.13 Å². The van der Waals surface area contributed by atoms with Crippen molar-refractivity contribution in [2.45, 2.75) is 26.5 Å². The van der Waals surface area contributed by atoms with Crippen molar-refractivity contribution in [1.29, 1.82) is 0 Å². The highest BCUT2D eigenvalue weighted by molar-refractivity contribution is 6.31. The molecule has 21 heavy (non-hydrogen) atoms. The Morgan fingerprint density at radius 3 is 2.57 bits per heavy atom. The van der Waals surface area contributed by atoms with E-state index >= 15 is 0 Å². The van der Waals surface area contributed by atoms with Crippen LogP contribution in [-0.4, -0.2) is 6.54 Å². The van der Waals surface area contributed by atoms with Crippen LogP contribution in [0.25, 0.3) is 0 Å². The lowest BCUT2D eigenvalue weighted by Crippen LogP contribution is -2.17. The van der Waals surface area contributed by atoms with E-state index in [2.05, 4.69) is 19.2 Å². The Kier molecular flexibility index (Phi) is 5.59. The molecule has 1 atom stereocenters. The van der Waals surface area contributed by atoms with E-state index in [9.17, 15) is 4.39 Å². The van der Waals surface area contributed by atoms with Gasteiger partial charge in [-0.25, -0.2) is 4.39 Å². The van der Waals surface area contributed by atoms with Crippen LogP contribution < -0.4 is 10.1 Å². The number of hydrogen-bond acceptors (Lipinski definition) is 2. The van der Waals surface area contributed by atoms with Gasteiger partial charge in [0.05, 0.1) is 5.02 Å². The fourth-order valence-electron chi connectivity index (χ4n) is 2.10. The molecule has 0 aliphatic rings. The first-order valence-corrected chi connectivity index (χ1v) is 7.38. The minimum absolute atomic E-state index is 0.120. The summed E-state index contributed by atoms with van der Waals surface area (Å²) < 4.78 is 19.0. The van der Waals surface area contributed by atoms with Crippen molar-refractivity contribution in [3.63, 3.8) is 0 Å². The average molecular weight is 308 g/mol. The Labute approximate surface area is 129 Å². The van der Waals surface area contributed by atoms with Crippen LogP contribution >= 0.6 is 11.6 Å². The normalized spacial score (nSPS) is 12.2. The van der Waals surface area contributed by atoms with E-state index in [1.807, 2.05) is 24.3 Å². The molecule has 4 heteroatoms. The van der Waals surface area contributed by atoms with E-state index in [0.29, 0.717) is 11.6 Å².